The molecule has 0 amide bonds. The molecule has 5 nitrogen and oxygen atoms in total. The zero-order valence-corrected chi connectivity index (χ0v) is 9.40. The first-order chi connectivity index (χ1) is 7.84. The van der Waals surface area contributed by atoms with Crippen LogP contribution in [0, 0.1) is 0 Å². The topological polar surface area (TPSA) is 60.7 Å². The smallest absolute Gasteiger partial charge is 0.257 e. The number of hydrogen-bond donors (Lipinski definition) is 0. The number of rotatable bonds is 2. The standard InChI is InChI=1S/C10H10N4OS/c15-10-8-2-1-3-9(8)11-6-14(10)4-7-5-16-13-12-7/h5-6H,1-4H2. The van der Waals surface area contributed by atoms with Gasteiger partial charge in [-0.1, -0.05) is 4.49 Å². The van der Waals surface area contributed by atoms with Gasteiger partial charge >= 0.3 is 0 Å². The van der Waals surface area contributed by atoms with Crippen LogP contribution in [0.2, 0.25) is 0 Å². The van der Waals surface area contributed by atoms with E-state index in [0.717, 1.165) is 36.2 Å². The second kappa shape index (κ2) is 3.79. The van der Waals surface area contributed by atoms with Gasteiger partial charge in [-0.25, -0.2) is 4.98 Å². The van der Waals surface area contributed by atoms with Crippen molar-refractivity contribution < 1.29 is 0 Å². The Morgan fingerprint density at radius 1 is 1.44 bits per heavy atom. The van der Waals surface area contributed by atoms with E-state index in [9.17, 15) is 4.79 Å². The molecule has 0 bridgehead atoms. The van der Waals surface area contributed by atoms with Crippen molar-refractivity contribution in [2.24, 2.45) is 0 Å². The Morgan fingerprint density at radius 2 is 2.38 bits per heavy atom. The molecule has 0 fully saturated rings. The number of hydrogen-bond acceptors (Lipinski definition) is 5. The van der Waals surface area contributed by atoms with E-state index in [2.05, 4.69) is 14.6 Å². The van der Waals surface area contributed by atoms with Crippen LogP contribution in [-0.2, 0) is 19.4 Å². The summed E-state index contributed by atoms with van der Waals surface area (Å²) in [6, 6.07) is 0. The van der Waals surface area contributed by atoms with E-state index in [4.69, 9.17) is 0 Å². The average Bonchev–Trinajstić information content (AvgIpc) is 2.93. The van der Waals surface area contributed by atoms with Gasteiger partial charge in [-0.15, -0.1) is 5.10 Å². The molecule has 0 saturated carbocycles. The molecule has 2 heterocycles. The van der Waals surface area contributed by atoms with E-state index < -0.39 is 0 Å². The summed E-state index contributed by atoms with van der Waals surface area (Å²) in [6.45, 7) is 0.468. The van der Waals surface area contributed by atoms with Crippen LogP contribution in [0.1, 0.15) is 23.4 Å². The monoisotopic (exact) mass is 234 g/mol. The van der Waals surface area contributed by atoms with Crippen LogP contribution in [0.4, 0.5) is 0 Å². The molecule has 1 aliphatic carbocycles. The van der Waals surface area contributed by atoms with Crippen LogP contribution in [0.25, 0.3) is 0 Å². The van der Waals surface area contributed by atoms with Crippen molar-refractivity contribution in [3.8, 4) is 0 Å². The fraction of sp³-hybridized carbons (Fsp3) is 0.400. The summed E-state index contributed by atoms with van der Waals surface area (Å²) >= 11 is 1.29. The second-order valence-electron chi connectivity index (χ2n) is 3.85. The Balaban J connectivity index is 2.00. The van der Waals surface area contributed by atoms with Gasteiger partial charge in [-0.2, -0.15) is 0 Å². The third-order valence-electron chi connectivity index (χ3n) is 2.80. The lowest BCUT2D eigenvalue weighted by molar-refractivity contribution is 0.703. The second-order valence-corrected chi connectivity index (χ2v) is 4.46. The first kappa shape index (κ1) is 9.65. The highest BCUT2D eigenvalue weighted by Crippen LogP contribution is 2.15. The quantitative estimate of drug-likeness (QED) is 0.764. The van der Waals surface area contributed by atoms with E-state index >= 15 is 0 Å². The molecule has 3 rings (SSSR count). The summed E-state index contributed by atoms with van der Waals surface area (Å²) in [7, 11) is 0. The first-order valence-electron chi connectivity index (χ1n) is 5.18. The van der Waals surface area contributed by atoms with Crippen molar-refractivity contribution in [3.05, 3.63) is 39.0 Å². The van der Waals surface area contributed by atoms with Crippen molar-refractivity contribution in [1.29, 1.82) is 0 Å². The van der Waals surface area contributed by atoms with Crippen molar-refractivity contribution >= 4 is 11.5 Å². The zero-order chi connectivity index (χ0) is 11.0. The molecule has 82 valence electrons. The van der Waals surface area contributed by atoms with E-state index in [1.165, 1.54) is 11.5 Å². The van der Waals surface area contributed by atoms with Crippen molar-refractivity contribution in [2.45, 2.75) is 25.8 Å². The maximum Gasteiger partial charge on any atom is 0.257 e. The first-order valence-corrected chi connectivity index (χ1v) is 6.01. The largest absolute Gasteiger partial charge is 0.293 e. The minimum absolute atomic E-state index is 0.0792. The van der Waals surface area contributed by atoms with Crippen molar-refractivity contribution in [3.63, 3.8) is 0 Å². The average molecular weight is 234 g/mol. The number of aryl methyl sites for hydroxylation is 1. The minimum Gasteiger partial charge on any atom is -0.293 e. The van der Waals surface area contributed by atoms with Crippen LogP contribution in [0.5, 0.6) is 0 Å². The van der Waals surface area contributed by atoms with Crippen LogP contribution in [-0.4, -0.2) is 19.1 Å². The third kappa shape index (κ3) is 1.55. The van der Waals surface area contributed by atoms with Crippen LogP contribution < -0.4 is 5.56 Å². The fourth-order valence-corrected chi connectivity index (χ4v) is 2.45. The Labute approximate surface area is 95.9 Å². The highest BCUT2D eigenvalue weighted by molar-refractivity contribution is 7.03. The SMILES string of the molecule is O=c1c2c(ncn1Cc1csnn1)CCC2. The predicted octanol–water partition coefficient (Wildman–Crippen LogP) is 0.632. The summed E-state index contributed by atoms with van der Waals surface area (Å²) in [4.78, 5) is 16.4. The van der Waals surface area contributed by atoms with Gasteiger partial charge in [0.2, 0.25) is 0 Å². The zero-order valence-electron chi connectivity index (χ0n) is 8.59. The number of aromatic nitrogens is 4. The number of fused-ring (bicyclic) bond motifs is 1. The number of nitrogens with zero attached hydrogens (tertiary/aromatic N) is 4. The Kier molecular flexibility index (Phi) is 2.28. The lowest BCUT2D eigenvalue weighted by Gasteiger charge is -2.04. The van der Waals surface area contributed by atoms with Crippen LogP contribution in [0.15, 0.2) is 16.5 Å². The molecule has 0 aromatic carbocycles. The highest BCUT2D eigenvalue weighted by atomic mass is 32.1. The Bertz CT molecular complexity index is 561. The van der Waals surface area contributed by atoms with Gasteiger partial charge in [0.15, 0.2) is 0 Å². The summed E-state index contributed by atoms with van der Waals surface area (Å²) in [6.07, 6.45) is 4.45. The molecular weight excluding hydrogens is 224 g/mol. The van der Waals surface area contributed by atoms with Gasteiger partial charge < -0.3 is 0 Å². The Hall–Kier alpha value is -1.56. The molecule has 0 unspecified atom stereocenters. The van der Waals surface area contributed by atoms with Gasteiger partial charge in [-0.3, -0.25) is 9.36 Å². The molecule has 0 radical (unpaired) electrons. The normalized spacial score (nSPS) is 14.0. The molecule has 1 aliphatic rings. The molecule has 0 aliphatic heterocycles. The molecule has 2 aromatic heterocycles. The van der Waals surface area contributed by atoms with Crippen molar-refractivity contribution in [1.82, 2.24) is 19.1 Å². The van der Waals surface area contributed by atoms with E-state index in [-0.39, 0.29) is 5.56 Å². The maximum atomic E-state index is 12.1. The molecule has 0 atom stereocenters. The summed E-state index contributed by atoms with van der Waals surface area (Å²) in [5.41, 5.74) is 2.74. The van der Waals surface area contributed by atoms with Crippen LogP contribution >= 0.6 is 11.5 Å². The van der Waals surface area contributed by atoms with E-state index in [1.54, 1.807) is 10.9 Å². The fourth-order valence-electron chi connectivity index (χ4n) is 2.01. The molecule has 0 N–H and O–H groups in total. The van der Waals surface area contributed by atoms with Gasteiger partial charge in [0, 0.05) is 10.9 Å². The molecular formula is C10H10N4OS. The summed E-state index contributed by atoms with van der Waals surface area (Å²) in [5.74, 6) is 0. The summed E-state index contributed by atoms with van der Waals surface area (Å²) in [5, 5.41) is 5.77. The van der Waals surface area contributed by atoms with Gasteiger partial charge in [0.25, 0.3) is 5.56 Å². The predicted molar refractivity (Wildman–Crippen MR) is 59.5 cm³/mol. The summed E-state index contributed by atoms with van der Waals surface area (Å²) < 4.78 is 5.39. The third-order valence-corrected chi connectivity index (χ3v) is 3.35. The van der Waals surface area contributed by atoms with Gasteiger partial charge in [0.05, 0.1) is 24.3 Å². The molecule has 2 aromatic rings. The lowest BCUT2D eigenvalue weighted by Crippen LogP contribution is -2.25. The maximum absolute atomic E-state index is 12.1. The van der Waals surface area contributed by atoms with Gasteiger partial charge in [-0.05, 0) is 30.8 Å². The lowest BCUT2D eigenvalue weighted by atomic mass is 10.2. The van der Waals surface area contributed by atoms with Crippen LogP contribution in [0.3, 0.4) is 0 Å². The molecule has 0 spiro atoms. The van der Waals surface area contributed by atoms with Gasteiger partial charge in [0.1, 0.15) is 0 Å². The van der Waals surface area contributed by atoms with Crippen molar-refractivity contribution in [2.75, 3.05) is 0 Å². The molecule has 0 saturated heterocycles. The highest BCUT2D eigenvalue weighted by Gasteiger charge is 2.17. The Morgan fingerprint density at radius 3 is 3.19 bits per heavy atom. The minimum atomic E-state index is 0.0792. The van der Waals surface area contributed by atoms with E-state index in [1.807, 2.05) is 5.38 Å². The molecule has 6 heteroatoms. The van der Waals surface area contributed by atoms with E-state index in [0.29, 0.717) is 6.54 Å². The molecule has 16 heavy (non-hydrogen) atoms.